The lowest BCUT2D eigenvalue weighted by Gasteiger charge is -2.23. The molecule has 0 fully saturated rings. The molecule has 0 bridgehead atoms. The molecule has 0 spiro atoms. The minimum atomic E-state index is -0.807. The van der Waals surface area contributed by atoms with Crippen LogP contribution in [0, 0.1) is 11.6 Å². The van der Waals surface area contributed by atoms with E-state index in [4.69, 9.17) is 15.2 Å². The van der Waals surface area contributed by atoms with Crippen molar-refractivity contribution in [2.75, 3.05) is 11.1 Å². The molecule has 0 saturated carbocycles. The van der Waals surface area contributed by atoms with Gasteiger partial charge >= 0.3 is 5.97 Å². The normalized spacial score (nSPS) is 12.2. The third kappa shape index (κ3) is 7.95. The largest absolute Gasteiger partial charge is 0.488 e. The zero-order valence-corrected chi connectivity index (χ0v) is 22.7. The van der Waals surface area contributed by atoms with E-state index in [-0.39, 0.29) is 45.4 Å². The highest BCUT2D eigenvalue weighted by Gasteiger charge is 2.23. The number of hydrogen-bond acceptors (Lipinski definition) is 8. The van der Waals surface area contributed by atoms with Gasteiger partial charge in [-0.3, -0.25) is 14.6 Å². The molecule has 0 radical (unpaired) electrons. The average molecular weight is 547 g/mol. The van der Waals surface area contributed by atoms with Crippen LogP contribution in [0.2, 0.25) is 0 Å². The van der Waals surface area contributed by atoms with Gasteiger partial charge in [0.15, 0.2) is 5.69 Å². The molecule has 38 heavy (non-hydrogen) atoms. The number of benzene rings is 1. The number of rotatable bonds is 11. The van der Waals surface area contributed by atoms with Crippen LogP contribution in [0.1, 0.15) is 70.3 Å². The van der Waals surface area contributed by atoms with Crippen LogP contribution in [0.3, 0.4) is 0 Å². The SMILES string of the molecule is CCCCC(CCC(=O)OC(C)(C)C)Oc1ccncc1NC(=O)c1nc(-c2c(F)cccc2F)sc1N. The van der Waals surface area contributed by atoms with E-state index < -0.39 is 23.1 Å². The Kier molecular flexibility index (Phi) is 9.73. The van der Waals surface area contributed by atoms with Crippen LogP contribution >= 0.6 is 11.3 Å². The summed E-state index contributed by atoms with van der Waals surface area (Å²) in [5.74, 6) is -2.26. The van der Waals surface area contributed by atoms with Gasteiger partial charge in [-0.05, 0) is 45.7 Å². The Labute approximate surface area is 224 Å². The molecule has 1 amide bonds. The molecular weight excluding hydrogens is 514 g/mol. The first-order chi connectivity index (χ1) is 18.0. The Bertz CT molecular complexity index is 1260. The van der Waals surface area contributed by atoms with Gasteiger partial charge < -0.3 is 20.5 Å². The third-order valence-corrected chi connectivity index (χ3v) is 6.24. The Balaban J connectivity index is 1.76. The maximum atomic E-state index is 14.2. The fourth-order valence-electron chi connectivity index (χ4n) is 3.61. The van der Waals surface area contributed by atoms with E-state index in [0.717, 1.165) is 36.3 Å². The molecule has 3 N–H and O–H groups in total. The first-order valence-corrected chi connectivity index (χ1v) is 13.1. The van der Waals surface area contributed by atoms with Crippen LogP contribution in [0.4, 0.5) is 19.5 Å². The monoisotopic (exact) mass is 546 g/mol. The number of nitrogens with zero attached hydrogens (tertiary/aromatic N) is 2. The summed E-state index contributed by atoms with van der Waals surface area (Å²) >= 11 is 0.807. The lowest BCUT2D eigenvalue weighted by molar-refractivity contribution is -0.155. The number of hydrogen-bond donors (Lipinski definition) is 2. The van der Waals surface area contributed by atoms with Crippen LogP contribution in [-0.2, 0) is 9.53 Å². The number of esters is 1. The first kappa shape index (κ1) is 29.0. The van der Waals surface area contributed by atoms with Crippen molar-refractivity contribution >= 4 is 33.9 Å². The van der Waals surface area contributed by atoms with E-state index in [9.17, 15) is 18.4 Å². The summed E-state index contributed by atoms with van der Waals surface area (Å²) < 4.78 is 40.0. The van der Waals surface area contributed by atoms with Gasteiger partial charge in [0.2, 0.25) is 0 Å². The Morgan fingerprint density at radius 2 is 1.87 bits per heavy atom. The van der Waals surface area contributed by atoms with Gasteiger partial charge in [-0.25, -0.2) is 13.8 Å². The Morgan fingerprint density at radius 3 is 2.53 bits per heavy atom. The zero-order chi connectivity index (χ0) is 27.9. The molecule has 204 valence electrons. The lowest BCUT2D eigenvalue weighted by Crippen LogP contribution is -2.26. The fourth-order valence-corrected chi connectivity index (χ4v) is 4.49. The molecule has 11 heteroatoms. The fraction of sp³-hybridized carbons (Fsp3) is 0.407. The second-order valence-corrected chi connectivity index (χ2v) is 10.7. The summed E-state index contributed by atoms with van der Waals surface area (Å²) in [5.41, 5.74) is 5.15. The average Bonchev–Trinajstić information content (AvgIpc) is 3.21. The van der Waals surface area contributed by atoms with Crippen LogP contribution in [0.15, 0.2) is 36.7 Å². The predicted molar refractivity (Wildman–Crippen MR) is 143 cm³/mol. The van der Waals surface area contributed by atoms with Gasteiger partial charge in [-0.15, -0.1) is 0 Å². The molecule has 8 nitrogen and oxygen atoms in total. The van der Waals surface area contributed by atoms with Crippen LogP contribution in [0.25, 0.3) is 10.6 Å². The van der Waals surface area contributed by atoms with Crippen molar-refractivity contribution in [3.8, 4) is 16.3 Å². The summed E-state index contributed by atoms with van der Waals surface area (Å²) in [6.07, 6.45) is 5.78. The van der Waals surface area contributed by atoms with Gasteiger partial charge in [0, 0.05) is 18.7 Å². The molecule has 1 unspecified atom stereocenters. The lowest BCUT2D eigenvalue weighted by atomic mass is 10.1. The standard InChI is InChI=1S/C27H32F2N4O4S/c1-5-6-8-16(11-12-21(34)37-27(2,3)4)36-20-13-14-31-15-19(20)32-25(35)23-24(30)38-26(33-23)22-17(28)9-7-10-18(22)29/h7,9-10,13-16H,5-6,8,11-12,30H2,1-4H3,(H,32,35). The number of aromatic nitrogens is 2. The van der Waals surface area contributed by atoms with Gasteiger partial charge in [0.1, 0.15) is 38.7 Å². The van der Waals surface area contributed by atoms with Crippen LogP contribution in [0.5, 0.6) is 5.75 Å². The highest BCUT2D eigenvalue weighted by molar-refractivity contribution is 7.19. The number of pyridine rings is 1. The zero-order valence-electron chi connectivity index (χ0n) is 21.8. The molecular formula is C27H32F2N4O4S. The molecule has 1 aromatic carbocycles. The molecule has 3 rings (SSSR count). The van der Waals surface area contributed by atoms with Crippen molar-refractivity contribution in [1.82, 2.24) is 9.97 Å². The molecule has 0 aliphatic heterocycles. The molecule has 0 saturated heterocycles. The van der Waals surface area contributed by atoms with Crippen molar-refractivity contribution in [3.05, 3.63) is 54.0 Å². The topological polar surface area (TPSA) is 116 Å². The molecule has 3 aromatic rings. The number of nitrogens with two attached hydrogens (primary N) is 1. The van der Waals surface area contributed by atoms with Crippen LogP contribution in [-0.4, -0.2) is 33.5 Å². The van der Waals surface area contributed by atoms with Crippen molar-refractivity contribution in [2.24, 2.45) is 0 Å². The molecule has 2 heterocycles. The number of anilines is 2. The minimum absolute atomic E-state index is 0.00435. The summed E-state index contributed by atoms with van der Waals surface area (Å²) in [7, 11) is 0. The predicted octanol–water partition coefficient (Wildman–Crippen LogP) is 6.38. The third-order valence-electron chi connectivity index (χ3n) is 5.34. The number of thiazole rings is 1. The van der Waals surface area contributed by atoms with E-state index in [1.165, 1.54) is 18.5 Å². The van der Waals surface area contributed by atoms with Gasteiger partial charge in [0.05, 0.1) is 17.9 Å². The second kappa shape index (κ2) is 12.8. The van der Waals surface area contributed by atoms with Crippen molar-refractivity contribution in [2.45, 2.75) is 71.5 Å². The number of carbonyl (C=O) groups is 2. The number of nitrogens with one attached hydrogen (secondary N) is 1. The van der Waals surface area contributed by atoms with Gasteiger partial charge in [-0.1, -0.05) is 37.2 Å². The first-order valence-electron chi connectivity index (χ1n) is 12.3. The number of halogens is 2. The molecule has 2 aromatic heterocycles. The maximum absolute atomic E-state index is 14.2. The number of carbonyl (C=O) groups excluding carboxylic acids is 2. The summed E-state index contributed by atoms with van der Waals surface area (Å²) in [6, 6.07) is 5.05. The van der Waals surface area contributed by atoms with E-state index in [1.54, 1.807) is 6.07 Å². The number of ether oxygens (including phenoxy) is 2. The molecule has 0 aliphatic carbocycles. The molecule has 0 aliphatic rings. The van der Waals surface area contributed by atoms with E-state index >= 15 is 0 Å². The van der Waals surface area contributed by atoms with Crippen molar-refractivity contribution < 1.29 is 27.8 Å². The number of nitrogen functional groups attached to an aromatic ring is 1. The second-order valence-electron chi connectivity index (χ2n) is 9.66. The maximum Gasteiger partial charge on any atom is 0.306 e. The van der Waals surface area contributed by atoms with E-state index in [0.29, 0.717) is 18.6 Å². The van der Waals surface area contributed by atoms with Crippen molar-refractivity contribution in [3.63, 3.8) is 0 Å². The Hall–Kier alpha value is -3.60. The summed E-state index contributed by atoms with van der Waals surface area (Å²) in [4.78, 5) is 33.4. The van der Waals surface area contributed by atoms with E-state index in [1.807, 2.05) is 20.8 Å². The Morgan fingerprint density at radius 1 is 1.16 bits per heavy atom. The van der Waals surface area contributed by atoms with Gasteiger partial charge in [-0.2, -0.15) is 0 Å². The summed E-state index contributed by atoms with van der Waals surface area (Å²) in [6.45, 7) is 7.50. The van der Waals surface area contributed by atoms with Crippen molar-refractivity contribution in [1.29, 1.82) is 0 Å². The highest BCUT2D eigenvalue weighted by atomic mass is 32.1. The summed E-state index contributed by atoms with van der Waals surface area (Å²) in [5, 5.41) is 2.63. The molecule has 1 atom stereocenters. The quantitative estimate of drug-likeness (QED) is 0.268. The smallest absolute Gasteiger partial charge is 0.306 e. The number of amides is 1. The number of unbranched alkanes of at least 4 members (excludes halogenated alkanes) is 1. The highest BCUT2D eigenvalue weighted by Crippen LogP contribution is 2.34. The van der Waals surface area contributed by atoms with Gasteiger partial charge in [0.25, 0.3) is 5.91 Å². The van der Waals surface area contributed by atoms with Crippen LogP contribution < -0.4 is 15.8 Å². The van der Waals surface area contributed by atoms with E-state index in [2.05, 4.69) is 22.2 Å². The minimum Gasteiger partial charge on any atom is -0.488 e.